The van der Waals surface area contributed by atoms with Crippen LogP contribution in [-0.4, -0.2) is 87.3 Å². The van der Waals surface area contributed by atoms with E-state index in [1.54, 1.807) is 12.1 Å². The molecule has 3 rings (SSSR count). The number of piperidine rings is 1. The Balaban J connectivity index is 1.59. The van der Waals surface area contributed by atoms with Gasteiger partial charge >= 0.3 is 0 Å². The van der Waals surface area contributed by atoms with Crippen LogP contribution in [0.25, 0.3) is 6.08 Å². The summed E-state index contributed by atoms with van der Waals surface area (Å²) in [6, 6.07) is 2.71. The summed E-state index contributed by atoms with van der Waals surface area (Å²) in [7, 11) is 0.151. The number of carbonyl (C=O) groups excluding carboxylic acids is 2. The van der Waals surface area contributed by atoms with Crippen LogP contribution < -0.4 is 4.72 Å². The number of hydrogen-bond donors (Lipinski definition) is 1. The van der Waals surface area contributed by atoms with Crippen LogP contribution >= 0.6 is 22.9 Å². The van der Waals surface area contributed by atoms with E-state index in [4.69, 9.17) is 11.6 Å². The number of nitrogens with zero attached hydrogens (tertiary/aromatic N) is 3. The van der Waals surface area contributed by atoms with Crippen molar-refractivity contribution in [1.29, 1.82) is 0 Å². The number of thiophene rings is 1. The first kappa shape index (κ1) is 24.2. The van der Waals surface area contributed by atoms with Gasteiger partial charge in [-0.25, -0.2) is 8.42 Å². The highest BCUT2D eigenvalue weighted by Gasteiger charge is 2.35. The third kappa shape index (κ3) is 6.76. The van der Waals surface area contributed by atoms with Gasteiger partial charge < -0.3 is 14.7 Å². The molecule has 0 unspecified atom stereocenters. The van der Waals surface area contributed by atoms with Crippen molar-refractivity contribution in [2.45, 2.75) is 37.8 Å². The van der Waals surface area contributed by atoms with Crippen molar-refractivity contribution in [1.82, 2.24) is 19.4 Å². The smallest absolute Gasteiger partial charge is 0.242 e. The minimum Gasteiger partial charge on any atom is -0.337 e. The van der Waals surface area contributed by atoms with Gasteiger partial charge in [0.15, 0.2) is 0 Å². The molecule has 3 heterocycles. The molecule has 0 bridgehead atoms. The Bertz CT molecular complexity index is 931. The topological polar surface area (TPSA) is 90.0 Å². The number of likely N-dealkylation sites (N-methyl/N-ethyl adjacent to an activating group) is 1. The number of amides is 2. The summed E-state index contributed by atoms with van der Waals surface area (Å²) in [4.78, 5) is 31.8. The zero-order chi connectivity index (χ0) is 22.6. The molecule has 2 aliphatic rings. The van der Waals surface area contributed by atoms with E-state index in [2.05, 4.69) is 9.62 Å². The average Bonchev–Trinajstić information content (AvgIpc) is 3.31. The van der Waals surface area contributed by atoms with Crippen LogP contribution in [0.2, 0.25) is 4.34 Å². The Hall–Kier alpha value is -1.46. The van der Waals surface area contributed by atoms with Crippen molar-refractivity contribution in [3.05, 3.63) is 26.8 Å². The van der Waals surface area contributed by atoms with Crippen LogP contribution in [0, 0.1) is 0 Å². The third-order valence-electron chi connectivity index (χ3n) is 5.44. The van der Waals surface area contributed by atoms with Crippen molar-refractivity contribution < 1.29 is 18.0 Å². The first-order chi connectivity index (χ1) is 14.6. The number of hydrogen-bond acceptors (Lipinski definition) is 6. The van der Waals surface area contributed by atoms with E-state index >= 15 is 0 Å². The molecule has 8 nitrogen and oxygen atoms in total. The van der Waals surface area contributed by atoms with Gasteiger partial charge in [-0.1, -0.05) is 11.6 Å². The van der Waals surface area contributed by atoms with Gasteiger partial charge in [-0.15, -0.1) is 11.3 Å². The highest BCUT2D eigenvalue weighted by Crippen LogP contribution is 2.23. The van der Waals surface area contributed by atoms with Crippen molar-refractivity contribution >= 4 is 50.9 Å². The minimum atomic E-state index is -3.81. The normalized spacial score (nSPS) is 22.8. The second-order valence-corrected chi connectivity index (χ2v) is 11.6. The van der Waals surface area contributed by atoms with Gasteiger partial charge in [-0.05, 0) is 58.0 Å². The zero-order valence-electron chi connectivity index (χ0n) is 17.8. The van der Waals surface area contributed by atoms with Gasteiger partial charge in [-0.2, -0.15) is 4.72 Å². The van der Waals surface area contributed by atoms with E-state index in [0.29, 0.717) is 35.1 Å². The molecule has 0 aliphatic carbocycles. The number of nitrogens with one attached hydrogen (secondary N) is 1. The number of rotatable bonds is 8. The van der Waals surface area contributed by atoms with Crippen LogP contribution in [0.1, 0.15) is 30.6 Å². The van der Waals surface area contributed by atoms with E-state index in [9.17, 15) is 18.0 Å². The molecular formula is C20H29ClN4O4S2. The number of sulfonamides is 1. The van der Waals surface area contributed by atoms with Crippen molar-refractivity contribution in [2.24, 2.45) is 0 Å². The highest BCUT2D eigenvalue weighted by molar-refractivity contribution is 7.92. The molecule has 2 fully saturated rings. The molecule has 0 saturated carbocycles. The summed E-state index contributed by atoms with van der Waals surface area (Å²) >= 11 is 7.12. The van der Waals surface area contributed by atoms with Gasteiger partial charge in [0, 0.05) is 36.0 Å². The lowest BCUT2D eigenvalue weighted by molar-refractivity contribution is -0.143. The molecule has 1 N–H and O–H groups in total. The van der Waals surface area contributed by atoms with Crippen LogP contribution in [0.4, 0.5) is 0 Å². The molecule has 1 aromatic heterocycles. The summed E-state index contributed by atoms with van der Waals surface area (Å²) in [5.41, 5.74) is 0. The average molecular weight is 489 g/mol. The van der Waals surface area contributed by atoms with E-state index in [1.807, 2.05) is 19.0 Å². The summed E-state index contributed by atoms with van der Waals surface area (Å²) < 4.78 is 27.9. The van der Waals surface area contributed by atoms with Crippen molar-refractivity contribution in [3.8, 4) is 0 Å². The lowest BCUT2D eigenvalue weighted by atomic mass is 10.1. The van der Waals surface area contributed by atoms with Gasteiger partial charge in [0.1, 0.15) is 6.04 Å². The second kappa shape index (κ2) is 10.4. The molecule has 2 amide bonds. The second-order valence-electron chi connectivity index (χ2n) is 8.21. The number of halogens is 1. The summed E-state index contributed by atoms with van der Waals surface area (Å²) in [6.07, 6.45) is 4.42. The highest BCUT2D eigenvalue weighted by atomic mass is 35.5. The molecule has 0 spiro atoms. The maximum atomic E-state index is 12.9. The lowest BCUT2D eigenvalue weighted by Crippen LogP contribution is -2.55. The van der Waals surface area contributed by atoms with Crippen molar-refractivity contribution in [2.75, 3.05) is 40.3 Å². The standard InChI is InChI=1S/C20H29ClN4O4S2/c1-23(2)13-15-5-3-11-25(15)19(26)14-24-10-4-6-17(20(24)27)22-31(28,29)12-9-16-7-8-18(21)30-16/h7-9,12,15,17,22H,3-6,10-11,13-14H2,1-2H3/t15-,17-/m0/s1. The Morgan fingerprint density at radius 2 is 2.03 bits per heavy atom. The van der Waals surface area contributed by atoms with Gasteiger partial charge in [-0.3, -0.25) is 9.59 Å². The monoisotopic (exact) mass is 488 g/mol. The predicted molar refractivity (Wildman–Crippen MR) is 123 cm³/mol. The molecule has 0 aromatic carbocycles. The SMILES string of the molecule is CN(C)C[C@@H]1CCCN1C(=O)CN1CCC[C@H](NS(=O)(=O)C=Cc2ccc(Cl)s2)C1=O. The summed E-state index contributed by atoms with van der Waals surface area (Å²) in [6.45, 7) is 1.94. The molecular weight excluding hydrogens is 460 g/mol. The van der Waals surface area contributed by atoms with Crippen LogP contribution in [0.5, 0.6) is 0 Å². The van der Waals surface area contributed by atoms with Crippen LogP contribution in [0.3, 0.4) is 0 Å². The largest absolute Gasteiger partial charge is 0.337 e. The Morgan fingerprint density at radius 3 is 2.71 bits per heavy atom. The fourth-order valence-electron chi connectivity index (χ4n) is 4.05. The lowest BCUT2D eigenvalue weighted by Gasteiger charge is -2.34. The summed E-state index contributed by atoms with van der Waals surface area (Å²) in [5, 5.41) is 1.04. The minimum absolute atomic E-state index is 0.00940. The molecule has 2 atom stereocenters. The van der Waals surface area contributed by atoms with Gasteiger partial charge in [0.2, 0.25) is 21.8 Å². The Labute approximate surface area is 192 Å². The Kier molecular flexibility index (Phi) is 8.14. The van der Waals surface area contributed by atoms with E-state index in [-0.39, 0.29) is 24.4 Å². The van der Waals surface area contributed by atoms with Gasteiger partial charge in [0.25, 0.3) is 0 Å². The van der Waals surface area contributed by atoms with E-state index in [0.717, 1.165) is 24.8 Å². The molecule has 11 heteroatoms. The Morgan fingerprint density at radius 1 is 1.29 bits per heavy atom. The number of carbonyl (C=O) groups is 2. The zero-order valence-corrected chi connectivity index (χ0v) is 20.2. The van der Waals surface area contributed by atoms with E-state index in [1.165, 1.54) is 22.3 Å². The number of likely N-dealkylation sites (tertiary alicyclic amines) is 2. The predicted octanol–water partition coefficient (Wildman–Crippen LogP) is 1.84. The molecule has 172 valence electrons. The molecule has 2 aliphatic heterocycles. The molecule has 1 aromatic rings. The van der Waals surface area contributed by atoms with Crippen molar-refractivity contribution in [3.63, 3.8) is 0 Å². The maximum Gasteiger partial charge on any atom is 0.242 e. The quantitative estimate of drug-likeness (QED) is 0.603. The molecule has 0 radical (unpaired) electrons. The fourth-order valence-corrected chi connectivity index (χ4v) is 6.12. The summed E-state index contributed by atoms with van der Waals surface area (Å²) in [5.74, 6) is -0.422. The molecule has 31 heavy (non-hydrogen) atoms. The van der Waals surface area contributed by atoms with Crippen LogP contribution in [-0.2, 0) is 19.6 Å². The molecule has 2 saturated heterocycles. The first-order valence-electron chi connectivity index (χ1n) is 10.3. The van der Waals surface area contributed by atoms with Gasteiger partial charge in [0.05, 0.1) is 10.9 Å². The first-order valence-corrected chi connectivity index (χ1v) is 13.1. The third-order valence-corrected chi connectivity index (χ3v) is 7.75. The maximum absolute atomic E-state index is 12.9. The van der Waals surface area contributed by atoms with E-state index < -0.39 is 16.1 Å². The van der Waals surface area contributed by atoms with Crippen LogP contribution in [0.15, 0.2) is 17.5 Å². The fraction of sp³-hybridized carbons (Fsp3) is 0.600.